The highest BCUT2D eigenvalue weighted by Crippen LogP contribution is 2.44. The number of anilines is 3. The molecule has 2 aliphatic rings. The zero-order valence-corrected chi connectivity index (χ0v) is 27.8. The van der Waals surface area contributed by atoms with Gasteiger partial charge in [-0.3, -0.25) is 9.48 Å². The number of amides is 1. The summed E-state index contributed by atoms with van der Waals surface area (Å²) in [5.74, 6) is 0.252. The maximum Gasteiger partial charge on any atom is 0.274 e. The van der Waals surface area contributed by atoms with Crippen molar-refractivity contribution in [3.05, 3.63) is 83.3 Å². The quantitative estimate of drug-likeness (QED) is 0.220. The van der Waals surface area contributed by atoms with E-state index in [0.29, 0.717) is 61.4 Å². The largest absolute Gasteiger partial charge is 0.416 e. The van der Waals surface area contributed by atoms with Crippen molar-refractivity contribution in [1.82, 2.24) is 24.6 Å². The van der Waals surface area contributed by atoms with Crippen molar-refractivity contribution < 1.29 is 9.22 Å². The lowest BCUT2D eigenvalue weighted by atomic mass is 9.83. The van der Waals surface area contributed by atoms with Gasteiger partial charge in [0.15, 0.2) is 8.32 Å². The number of nitrogens with zero attached hydrogens (tertiary/aromatic N) is 6. The molecular weight excluding hydrogens is 581 g/mol. The molecule has 0 bridgehead atoms. The summed E-state index contributed by atoms with van der Waals surface area (Å²) in [5, 5.41) is 21.4. The Hall–Kier alpha value is -4.53. The molecule has 6 rings (SSSR count). The number of hydrogen-bond acceptors (Lipinski definition) is 8. The minimum atomic E-state index is -1.97. The van der Waals surface area contributed by atoms with Crippen molar-refractivity contribution in [3.8, 4) is 17.3 Å². The predicted octanol–water partition coefficient (Wildman–Crippen LogP) is 6.32. The summed E-state index contributed by atoms with van der Waals surface area (Å²) in [7, 11) is -1.97. The first-order valence-electron chi connectivity index (χ1n) is 15.3. The third-order valence-corrected chi connectivity index (χ3v) is 13.9. The molecule has 0 spiro atoms. The molecule has 0 aliphatic carbocycles. The summed E-state index contributed by atoms with van der Waals surface area (Å²) in [6, 6.07) is 18.2. The van der Waals surface area contributed by atoms with Crippen LogP contribution < -0.4 is 10.6 Å². The number of nitriles is 1. The fourth-order valence-corrected chi connectivity index (χ4v) is 6.71. The van der Waals surface area contributed by atoms with Crippen LogP contribution in [0.4, 0.5) is 17.3 Å². The van der Waals surface area contributed by atoms with Gasteiger partial charge in [0.1, 0.15) is 11.8 Å². The number of rotatable bonds is 8. The van der Waals surface area contributed by atoms with Crippen molar-refractivity contribution in [3.63, 3.8) is 0 Å². The van der Waals surface area contributed by atoms with Gasteiger partial charge in [-0.15, -0.1) is 0 Å². The smallest absolute Gasteiger partial charge is 0.274 e. The lowest BCUT2D eigenvalue weighted by Crippen LogP contribution is -2.45. The van der Waals surface area contributed by atoms with Gasteiger partial charge in [0.25, 0.3) is 5.91 Å². The highest BCUT2D eigenvalue weighted by Gasteiger charge is 2.42. The molecule has 4 heterocycles. The highest BCUT2D eigenvalue weighted by atomic mass is 28.4. The fraction of sp³-hybridized carbons (Fsp3) is 0.382. The normalized spacial score (nSPS) is 17.8. The predicted molar refractivity (Wildman–Crippen MR) is 178 cm³/mol. The molecule has 2 aromatic heterocycles. The monoisotopic (exact) mass is 620 g/mol. The molecule has 0 saturated heterocycles. The van der Waals surface area contributed by atoms with Crippen LogP contribution >= 0.6 is 0 Å². The maximum absolute atomic E-state index is 13.5. The van der Waals surface area contributed by atoms with E-state index in [1.807, 2.05) is 47.4 Å². The summed E-state index contributed by atoms with van der Waals surface area (Å²) in [6.45, 7) is 16.4. The molecule has 232 valence electrons. The Morgan fingerprint density at radius 2 is 1.93 bits per heavy atom. The molecular formula is C34H40N8O2Si. The SMILES string of the molecule is CC(C)(C)[Si](C)(C)OC[C@@]1(C)CNc2c(C#N)cc(-c3ccnc(Nc4cnn5c4C(=O)N(Cc4ccccc4)CC5)n3)cc21. The average Bonchev–Trinajstić information content (AvgIpc) is 3.58. The van der Waals surface area contributed by atoms with Crippen molar-refractivity contribution in [2.24, 2.45) is 0 Å². The van der Waals surface area contributed by atoms with Crippen LogP contribution in [0.5, 0.6) is 0 Å². The first-order valence-corrected chi connectivity index (χ1v) is 18.3. The molecule has 10 nitrogen and oxygen atoms in total. The summed E-state index contributed by atoms with van der Waals surface area (Å²) < 4.78 is 8.40. The molecule has 45 heavy (non-hydrogen) atoms. The standard InChI is InChI=1S/C34H40N8O2Si/c1-33(2,3)45(5,6)44-22-34(4)21-37-29-25(18-35)16-24(17-26(29)34)27-12-13-36-32(39-27)40-28-19-38-42-15-14-41(31(43)30(28)42)20-23-10-8-7-9-11-23/h7-13,16-17,19,37H,14-15,20-22H2,1-6H3,(H,36,39,40)/t34-/m1/s1. The number of fused-ring (bicyclic) bond motifs is 2. The van der Waals surface area contributed by atoms with Gasteiger partial charge in [-0.25, -0.2) is 9.97 Å². The average molecular weight is 621 g/mol. The summed E-state index contributed by atoms with van der Waals surface area (Å²) in [4.78, 5) is 24.6. The minimum absolute atomic E-state index is 0.0924. The van der Waals surface area contributed by atoms with Crippen LogP contribution in [0.25, 0.3) is 11.3 Å². The molecule has 4 aromatic rings. The van der Waals surface area contributed by atoms with Gasteiger partial charge in [-0.2, -0.15) is 10.4 Å². The molecule has 0 saturated carbocycles. The van der Waals surface area contributed by atoms with E-state index in [2.05, 4.69) is 73.6 Å². The van der Waals surface area contributed by atoms with E-state index < -0.39 is 8.32 Å². The Balaban J connectivity index is 1.26. The van der Waals surface area contributed by atoms with Crippen molar-refractivity contribution in [2.45, 2.75) is 64.3 Å². The Morgan fingerprint density at radius 3 is 2.67 bits per heavy atom. The van der Waals surface area contributed by atoms with E-state index in [4.69, 9.17) is 9.41 Å². The topological polar surface area (TPSA) is 121 Å². The lowest BCUT2D eigenvalue weighted by Gasteiger charge is -2.39. The molecule has 0 radical (unpaired) electrons. The maximum atomic E-state index is 13.5. The number of aromatic nitrogens is 4. The first-order chi connectivity index (χ1) is 21.4. The number of carbonyl (C=O) groups is 1. The summed E-state index contributed by atoms with van der Waals surface area (Å²) in [6.07, 6.45) is 3.33. The van der Waals surface area contributed by atoms with Crippen LogP contribution in [-0.4, -0.2) is 58.6 Å². The summed E-state index contributed by atoms with van der Waals surface area (Å²) in [5.41, 5.74) is 5.79. The fourth-order valence-electron chi connectivity index (χ4n) is 5.60. The molecule has 1 amide bonds. The second kappa shape index (κ2) is 11.4. The molecule has 1 atom stereocenters. The third-order valence-electron chi connectivity index (χ3n) is 9.45. The molecule has 2 aliphatic heterocycles. The number of hydrogen-bond donors (Lipinski definition) is 2. The van der Waals surface area contributed by atoms with Crippen LogP contribution in [0.2, 0.25) is 18.1 Å². The Labute approximate surface area is 265 Å². The van der Waals surface area contributed by atoms with Gasteiger partial charge in [-0.05, 0) is 47.5 Å². The van der Waals surface area contributed by atoms with Gasteiger partial charge in [0.2, 0.25) is 5.95 Å². The van der Waals surface area contributed by atoms with Gasteiger partial charge < -0.3 is 20.0 Å². The zero-order chi connectivity index (χ0) is 32.0. The van der Waals surface area contributed by atoms with Gasteiger partial charge in [0, 0.05) is 43.4 Å². The van der Waals surface area contributed by atoms with E-state index in [1.54, 1.807) is 17.1 Å². The zero-order valence-electron chi connectivity index (χ0n) is 26.8. The van der Waals surface area contributed by atoms with Crippen LogP contribution in [0.3, 0.4) is 0 Å². The van der Waals surface area contributed by atoms with Crippen molar-refractivity contribution >= 4 is 31.5 Å². The van der Waals surface area contributed by atoms with E-state index in [1.165, 1.54) is 0 Å². The molecule has 2 N–H and O–H groups in total. The van der Waals surface area contributed by atoms with Gasteiger partial charge >= 0.3 is 0 Å². The van der Waals surface area contributed by atoms with Crippen LogP contribution in [0, 0.1) is 11.3 Å². The number of benzene rings is 2. The number of nitrogens with one attached hydrogen (secondary N) is 2. The van der Waals surface area contributed by atoms with Crippen molar-refractivity contribution in [1.29, 1.82) is 5.26 Å². The van der Waals surface area contributed by atoms with E-state index >= 15 is 0 Å². The molecule has 0 fully saturated rings. The molecule has 0 unspecified atom stereocenters. The second-order valence-corrected chi connectivity index (χ2v) is 18.6. The second-order valence-electron chi connectivity index (χ2n) is 13.8. The Morgan fingerprint density at radius 1 is 1.16 bits per heavy atom. The lowest BCUT2D eigenvalue weighted by molar-refractivity contribution is 0.0685. The van der Waals surface area contributed by atoms with Gasteiger partial charge in [0.05, 0.1) is 35.4 Å². The Kier molecular flexibility index (Phi) is 7.75. The third kappa shape index (κ3) is 5.83. The van der Waals surface area contributed by atoms with Crippen LogP contribution in [0.1, 0.15) is 54.9 Å². The summed E-state index contributed by atoms with van der Waals surface area (Å²) >= 11 is 0. The van der Waals surface area contributed by atoms with E-state index in [9.17, 15) is 10.1 Å². The number of carbonyl (C=O) groups excluding carboxylic acids is 1. The Bertz CT molecular complexity index is 1790. The van der Waals surface area contributed by atoms with Crippen LogP contribution in [0.15, 0.2) is 60.9 Å². The van der Waals surface area contributed by atoms with E-state index in [-0.39, 0.29) is 16.4 Å². The first kappa shape index (κ1) is 30.5. The van der Waals surface area contributed by atoms with Crippen LogP contribution in [-0.2, 0) is 22.9 Å². The van der Waals surface area contributed by atoms with E-state index in [0.717, 1.165) is 22.4 Å². The van der Waals surface area contributed by atoms with Gasteiger partial charge in [-0.1, -0.05) is 58.0 Å². The highest BCUT2D eigenvalue weighted by molar-refractivity contribution is 6.74. The molecule has 2 aromatic carbocycles. The van der Waals surface area contributed by atoms with Crippen molar-refractivity contribution in [2.75, 3.05) is 30.3 Å². The minimum Gasteiger partial charge on any atom is -0.416 e. The molecule has 11 heteroatoms.